The van der Waals surface area contributed by atoms with Crippen molar-refractivity contribution in [2.24, 2.45) is 0 Å². The number of carbonyl (C=O) groups is 3. The van der Waals surface area contributed by atoms with Crippen LogP contribution in [0, 0.1) is 0 Å². The van der Waals surface area contributed by atoms with Crippen LogP contribution in [0.5, 0.6) is 0 Å². The predicted molar refractivity (Wildman–Crippen MR) is 96.4 cm³/mol. The number of sulfonamides is 1. The summed E-state index contributed by atoms with van der Waals surface area (Å²) in [6, 6.07) is 5.92. The lowest BCUT2D eigenvalue weighted by Crippen LogP contribution is -2.48. The van der Waals surface area contributed by atoms with Crippen LogP contribution < -0.4 is 0 Å². The molecule has 2 heterocycles. The molecule has 10 heteroatoms. The first-order valence-electron chi connectivity index (χ1n) is 8.74. The predicted octanol–water partition coefficient (Wildman–Crippen LogP) is -0.936. The summed E-state index contributed by atoms with van der Waals surface area (Å²) in [6.07, 6.45) is 1.50. The highest BCUT2D eigenvalue weighted by Gasteiger charge is 2.28. The van der Waals surface area contributed by atoms with Gasteiger partial charge in [0.2, 0.25) is 22.8 Å². The zero-order chi connectivity index (χ0) is 19.4. The minimum absolute atomic E-state index is 0.129. The van der Waals surface area contributed by atoms with E-state index in [0.717, 1.165) is 12.8 Å². The second-order valence-electron chi connectivity index (χ2n) is 6.50. The number of carbonyl (C=O) groups excluding carboxylic acids is 3. The van der Waals surface area contributed by atoms with E-state index in [9.17, 15) is 22.8 Å². The van der Waals surface area contributed by atoms with Crippen LogP contribution in [0.3, 0.4) is 0 Å². The maximum Gasteiger partial charge on any atom is 0.253 e. The van der Waals surface area contributed by atoms with Crippen molar-refractivity contribution in [1.82, 2.24) is 19.0 Å². The van der Waals surface area contributed by atoms with Gasteiger partial charge in [-0.2, -0.15) is 4.31 Å². The normalized spacial score (nSPS) is 19.0. The fraction of sp³-hybridized carbons (Fsp3) is 0.471. The molecule has 0 N–H and O–H groups in total. The molecule has 0 aromatic heterocycles. The van der Waals surface area contributed by atoms with Crippen LogP contribution in [-0.2, 0) is 19.6 Å². The quantitative estimate of drug-likeness (QED) is 0.601. The van der Waals surface area contributed by atoms with Gasteiger partial charge in [-0.15, -0.1) is 0 Å². The van der Waals surface area contributed by atoms with Crippen molar-refractivity contribution in [3.8, 4) is 0 Å². The van der Waals surface area contributed by atoms with E-state index in [0.29, 0.717) is 44.8 Å². The number of amides is 3. The van der Waals surface area contributed by atoms with Gasteiger partial charge < -0.3 is 14.7 Å². The fourth-order valence-corrected chi connectivity index (χ4v) is 4.60. The van der Waals surface area contributed by atoms with E-state index in [1.54, 1.807) is 9.80 Å². The number of piperazine rings is 2. The molecule has 0 saturated carbocycles. The molecule has 2 aliphatic heterocycles. The van der Waals surface area contributed by atoms with Crippen LogP contribution in [0.4, 0.5) is 0 Å². The Bertz CT molecular complexity index is 795. The highest BCUT2D eigenvalue weighted by molar-refractivity contribution is 7.89. The lowest BCUT2D eigenvalue weighted by Gasteiger charge is -2.32. The van der Waals surface area contributed by atoms with Crippen LogP contribution in [0.15, 0.2) is 29.2 Å². The summed E-state index contributed by atoms with van der Waals surface area (Å²) in [7, 11) is -3.65. The van der Waals surface area contributed by atoms with Crippen LogP contribution in [0.1, 0.15) is 10.4 Å². The van der Waals surface area contributed by atoms with Crippen LogP contribution >= 0.6 is 0 Å². The zero-order valence-electron chi connectivity index (χ0n) is 14.9. The van der Waals surface area contributed by atoms with Gasteiger partial charge in [-0.25, -0.2) is 8.42 Å². The lowest BCUT2D eigenvalue weighted by molar-refractivity contribution is -0.120. The first-order valence-corrected chi connectivity index (χ1v) is 10.2. The van der Waals surface area contributed by atoms with Gasteiger partial charge in [-0.1, -0.05) is 0 Å². The van der Waals surface area contributed by atoms with Crippen molar-refractivity contribution in [2.75, 3.05) is 52.4 Å². The third kappa shape index (κ3) is 4.11. The van der Waals surface area contributed by atoms with Gasteiger partial charge in [0.15, 0.2) is 0 Å². The third-order valence-electron chi connectivity index (χ3n) is 4.91. The molecule has 0 atom stereocenters. The van der Waals surface area contributed by atoms with Crippen molar-refractivity contribution in [3.63, 3.8) is 0 Å². The molecule has 9 nitrogen and oxygen atoms in total. The summed E-state index contributed by atoms with van der Waals surface area (Å²) in [4.78, 5) is 39.0. The Hall–Kier alpha value is -2.46. The molecular formula is C17H22N4O5S. The number of hydrogen-bond acceptors (Lipinski definition) is 5. The summed E-state index contributed by atoms with van der Waals surface area (Å²) < 4.78 is 26.8. The van der Waals surface area contributed by atoms with Crippen LogP contribution in [0.25, 0.3) is 0 Å². The Balaban J connectivity index is 1.67. The number of hydrogen-bond donors (Lipinski definition) is 0. The molecule has 3 rings (SSSR count). The first kappa shape index (κ1) is 19.3. The third-order valence-corrected chi connectivity index (χ3v) is 6.82. The number of benzene rings is 1. The van der Waals surface area contributed by atoms with E-state index in [-0.39, 0.29) is 23.9 Å². The molecule has 27 heavy (non-hydrogen) atoms. The summed E-state index contributed by atoms with van der Waals surface area (Å²) in [5.41, 5.74) is 0.416. The van der Waals surface area contributed by atoms with Crippen molar-refractivity contribution in [2.45, 2.75) is 4.90 Å². The SMILES string of the molecule is O=CN1CCN(C(=O)c2ccc(S(=O)(=O)N3CCN(C=O)CC3)cc2)CC1. The molecule has 2 saturated heterocycles. The standard InChI is InChI=1S/C17H22N4O5S/c22-13-18-5-9-20(10-6-18)17(24)15-1-3-16(4-2-15)27(25,26)21-11-7-19(14-23)8-12-21/h1-4,13-14H,5-12H2. The van der Waals surface area contributed by atoms with E-state index in [2.05, 4.69) is 0 Å². The second kappa shape index (κ2) is 8.05. The molecule has 1 aromatic carbocycles. The Morgan fingerprint density at radius 1 is 0.778 bits per heavy atom. The summed E-state index contributed by atoms with van der Waals surface area (Å²) >= 11 is 0. The van der Waals surface area contributed by atoms with Gasteiger partial charge in [0.05, 0.1) is 4.90 Å². The maximum absolute atomic E-state index is 12.7. The average Bonchev–Trinajstić information content (AvgIpc) is 2.73. The smallest absolute Gasteiger partial charge is 0.253 e. The molecule has 0 spiro atoms. The maximum atomic E-state index is 12.7. The van der Waals surface area contributed by atoms with Crippen LogP contribution in [-0.4, -0.2) is 98.5 Å². The van der Waals surface area contributed by atoms with Gasteiger partial charge >= 0.3 is 0 Å². The number of nitrogens with zero attached hydrogens (tertiary/aromatic N) is 4. The highest BCUT2D eigenvalue weighted by Crippen LogP contribution is 2.19. The molecule has 3 amide bonds. The van der Waals surface area contributed by atoms with Gasteiger partial charge in [-0.3, -0.25) is 14.4 Å². The van der Waals surface area contributed by atoms with E-state index >= 15 is 0 Å². The average molecular weight is 394 g/mol. The summed E-state index contributed by atoms with van der Waals surface area (Å²) in [6.45, 7) is 3.14. The van der Waals surface area contributed by atoms with Crippen molar-refractivity contribution >= 4 is 28.8 Å². The van der Waals surface area contributed by atoms with E-state index in [4.69, 9.17) is 0 Å². The molecule has 2 aliphatic rings. The molecule has 2 fully saturated rings. The summed E-state index contributed by atoms with van der Waals surface area (Å²) in [5.74, 6) is -0.177. The molecule has 0 radical (unpaired) electrons. The summed E-state index contributed by atoms with van der Waals surface area (Å²) in [5, 5.41) is 0. The minimum Gasteiger partial charge on any atom is -0.343 e. The monoisotopic (exact) mass is 394 g/mol. The van der Waals surface area contributed by atoms with Crippen molar-refractivity contribution in [3.05, 3.63) is 29.8 Å². The highest BCUT2D eigenvalue weighted by atomic mass is 32.2. The lowest BCUT2D eigenvalue weighted by atomic mass is 10.2. The van der Waals surface area contributed by atoms with Crippen molar-refractivity contribution < 1.29 is 22.8 Å². The molecule has 1 aromatic rings. The zero-order valence-corrected chi connectivity index (χ0v) is 15.7. The minimum atomic E-state index is -3.65. The van der Waals surface area contributed by atoms with E-state index < -0.39 is 10.0 Å². The molecular weight excluding hydrogens is 372 g/mol. The molecule has 0 unspecified atom stereocenters. The largest absolute Gasteiger partial charge is 0.343 e. The Labute approximate surface area is 158 Å². The Morgan fingerprint density at radius 2 is 1.26 bits per heavy atom. The van der Waals surface area contributed by atoms with Gasteiger partial charge in [0, 0.05) is 57.9 Å². The second-order valence-corrected chi connectivity index (χ2v) is 8.44. The van der Waals surface area contributed by atoms with Crippen LogP contribution in [0.2, 0.25) is 0 Å². The van der Waals surface area contributed by atoms with E-state index in [1.807, 2.05) is 0 Å². The topological polar surface area (TPSA) is 98.3 Å². The molecule has 0 bridgehead atoms. The van der Waals surface area contributed by atoms with Crippen molar-refractivity contribution in [1.29, 1.82) is 0 Å². The molecule has 146 valence electrons. The first-order chi connectivity index (χ1) is 13.0. The number of rotatable bonds is 5. The molecule has 0 aliphatic carbocycles. The van der Waals surface area contributed by atoms with Gasteiger partial charge in [0.1, 0.15) is 0 Å². The Kier molecular flexibility index (Phi) is 5.76. The fourth-order valence-electron chi connectivity index (χ4n) is 3.18. The van der Waals surface area contributed by atoms with Gasteiger partial charge in [-0.05, 0) is 24.3 Å². The Morgan fingerprint density at radius 3 is 1.74 bits per heavy atom. The van der Waals surface area contributed by atoms with E-state index in [1.165, 1.54) is 33.5 Å². The van der Waals surface area contributed by atoms with Gasteiger partial charge in [0.25, 0.3) is 5.91 Å².